The van der Waals surface area contributed by atoms with E-state index in [1.165, 1.54) is 0 Å². The molecule has 0 fully saturated rings. The molecule has 3 heterocycles. The molecule has 154 valence electrons. The fourth-order valence-corrected chi connectivity index (χ4v) is 3.00. The van der Waals surface area contributed by atoms with Crippen molar-refractivity contribution in [2.24, 2.45) is 7.05 Å². The molecule has 0 aliphatic carbocycles. The Morgan fingerprint density at radius 1 is 1.13 bits per heavy atom. The van der Waals surface area contributed by atoms with Crippen molar-refractivity contribution in [2.75, 3.05) is 17.7 Å². The molecule has 4 aromatic rings. The highest BCUT2D eigenvalue weighted by molar-refractivity contribution is 5.92. The number of nitrogens with zero attached hydrogens (tertiary/aromatic N) is 5. The van der Waals surface area contributed by atoms with Gasteiger partial charge in [0, 0.05) is 24.7 Å². The first kappa shape index (κ1) is 19.5. The molecule has 0 saturated carbocycles. The average molecular weight is 411 g/mol. The second-order valence-corrected chi connectivity index (χ2v) is 6.71. The summed E-state index contributed by atoms with van der Waals surface area (Å²) in [4.78, 5) is 17.1. The van der Waals surface area contributed by atoms with Crippen LogP contribution in [-0.4, -0.2) is 31.6 Å². The second-order valence-electron chi connectivity index (χ2n) is 6.71. The summed E-state index contributed by atoms with van der Waals surface area (Å²) in [6.45, 7) is 1.69. The average Bonchev–Trinajstić information content (AvgIpc) is 3.12. The molecule has 0 aliphatic heterocycles. The number of hydrogen-bond donors (Lipinski definition) is 2. The number of anilines is 3. The number of pyridine rings is 1. The maximum atomic E-state index is 14.1. The van der Waals surface area contributed by atoms with Gasteiger partial charge in [0.15, 0.2) is 0 Å². The number of methoxy groups -OCH3 is 1. The Kier molecular flexibility index (Phi) is 5.13. The first-order valence-corrected chi connectivity index (χ1v) is 9.11. The molecule has 1 aromatic carbocycles. The van der Waals surface area contributed by atoms with E-state index in [1.54, 1.807) is 37.1 Å². The van der Waals surface area contributed by atoms with Gasteiger partial charge in [0.25, 0.3) is 0 Å². The van der Waals surface area contributed by atoms with Crippen LogP contribution in [0, 0.1) is 11.6 Å². The Labute approximate surface area is 171 Å². The van der Waals surface area contributed by atoms with Gasteiger partial charge in [0.2, 0.25) is 5.95 Å². The molecule has 0 aliphatic rings. The topological polar surface area (TPSA) is 89.8 Å². The number of rotatable bonds is 6. The number of halogens is 2. The molecule has 4 rings (SSSR count). The molecule has 3 aromatic heterocycles. The van der Waals surface area contributed by atoms with Crippen LogP contribution in [-0.2, 0) is 7.05 Å². The summed E-state index contributed by atoms with van der Waals surface area (Å²) in [5.41, 5.74) is 0.709. The van der Waals surface area contributed by atoms with Crippen LogP contribution in [0.4, 0.5) is 26.4 Å². The molecule has 30 heavy (non-hydrogen) atoms. The third-order valence-corrected chi connectivity index (χ3v) is 4.45. The largest absolute Gasteiger partial charge is 0.497 e. The number of nitrogens with one attached hydrogen (secondary N) is 2. The highest BCUT2D eigenvalue weighted by Gasteiger charge is 2.17. The molecule has 8 nitrogen and oxygen atoms in total. The molecule has 0 radical (unpaired) electrons. The predicted molar refractivity (Wildman–Crippen MR) is 109 cm³/mol. The van der Waals surface area contributed by atoms with Crippen LogP contribution in [0.5, 0.6) is 5.75 Å². The normalized spacial score (nSPS) is 12.0. The van der Waals surface area contributed by atoms with E-state index >= 15 is 0 Å². The van der Waals surface area contributed by atoms with Crippen LogP contribution in [0.3, 0.4) is 0 Å². The molecule has 0 saturated heterocycles. The van der Waals surface area contributed by atoms with Crippen LogP contribution >= 0.6 is 0 Å². The van der Waals surface area contributed by atoms with Crippen molar-refractivity contribution in [2.45, 2.75) is 13.0 Å². The molecule has 2 N–H and O–H groups in total. The number of aryl methyl sites for hydroxylation is 1. The van der Waals surface area contributed by atoms with E-state index in [0.29, 0.717) is 22.9 Å². The van der Waals surface area contributed by atoms with Crippen molar-refractivity contribution < 1.29 is 13.5 Å². The van der Waals surface area contributed by atoms with Crippen molar-refractivity contribution in [1.82, 2.24) is 24.5 Å². The third-order valence-electron chi connectivity index (χ3n) is 4.45. The van der Waals surface area contributed by atoms with E-state index < -0.39 is 17.7 Å². The lowest BCUT2D eigenvalue weighted by Gasteiger charge is -2.16. The van der Waals surface area contributed by atoms with Gasteiger partial charge in [0.1, 0.15) is 29.0 Å². The Balaban J connectivity index is 1.72. The number of benzene rings is 1. The first-order chi connectivity index (χ1) is 14.4. The zero-order chi connectivity index (χ0) is 21.3. The summed E-state index contributed by atoms with van der Waals surface area (Å²) in [5.74, 6) is 0.532. The smallest absolute Gasteiger partial charge is 0.225 e. The van der Waals surface area contributed by atoms with Crippen molar-refractivity contribution in [1.29, 1.82) is 0 Å². The van der Waals surface area contributed by atoms with Crippen LogP contribution in [0.25, 0.3) is 10.9 Å². The Bertz CT molecular complexity index is 1210. The Hall–Kier alpha value is -3.82. The van der Waals surface area contributed by atoms with Gasteiger partial charge in [-0.2, -0.15) is 4.98 Å². The van der Waals surface area contributed by atoms with E-state index in [2.05, 4.69) is 30.6 Å². The highest BCUT2D eigenvalue weighted by atomic mass is 19.1. The van der Waals surface area contributed by atoms with Gasteiger partial charge in [-0.3, -0.25) is 4.98 Å². The van der Waals surface area contributed by atoms with E-state index in [-0.39, 0.29) is 11.6 Å². The van der Waals surface area contributed by atoms with Crippen molar-refractivity contribution >= 4 is 28.5 Å². The van der Waals surface area contributed by atoms with Gasteiger partial charge in [-0.25, -0.2) is 18.7 Å². The maximum Gasteiger partial charge on any atom is 0.225 e. The predicted octanol–water partition coefficient (Wildman–Crippen LogP) is 3.96. The minimum atomic E-state index is -0.743. The molecule has 0 amide bonds. The van der Waals surface area contributed by atoms with Gasteiger partial charge < -0.3 is 19.9 Å². The summed E-state index contributed by atoms with van der Waals surface area (Å²) < 4.78 is 34.4. The molecular formula is C20H19F2N7O. The molecule has 0 unspecified atom stereocenters. The SMILES string of the molecule is COc1ccc2nc(N[C@H](C)c3ncc(F)cc3F)nc(Nc3cn(C)cn3)c2c1. The number of ether oxygens (including phenoxy) is 1. The van der Waals surface area contributed by atoms with Gasteiger partial charge in [-0.05, 0) is 25.1 Å². The van der Waals surface area contributed by atoms with Crippen LogP contribution in [0.15, 0.2) is 43.0 Å². The lowest BCUT2D eigenvalue weighted by atomic mass is 10.2. The van der Waals surface area contributed by atoms with Gasteiger partial charge in [-0.15, -0.1) is 0 Å². The van der Waals surface area contributed by atoms with Crippen LogP contribution in [0.2, 0.25) is 0 Å². The summed E-state index contributed by atoms with van der Waals surface area (Å²) >= 11 is 0. The minimum absolute atomic E-state index is 0.0639. The zero-order valence-corrected chi connectivity index (χ0v) is 16.5. The number of aromatic nitrogens is 5. The molecular weight excluding hydrogens is 392 g/mol. The Morgan fingerprint density at radius 2 is 1.97 bits per heavy atom. The van der Waals surface area contributed by atoms with E-state index in [0.717, 1.165) is 17.6 Å². The fourth-order valence-electron chi connectivity index (χ4n) is 3.00. The minimum Gasteiger partial charge on any atom is -0.497 e. The molecule has 10 heteroatoms. The van der Waals surface area contributed by atoms with Gasteiger partial charge in [0.05, 0.1) is 36.9 Å². The monoisotopic (exact) mass is 411 g/mol. The van der Waals surface area contributed by atoms with E-state index in [9.17, 15) is 8.78 Å². The lowest BCUT2D eigenvalue weighted by Crippen LogP contribution is -2.14. The quantitative estimate of drug-likeness (QED) is 0.496. The maximum absolute atomic E-state index is 14.1. The number of hydrogen-bond acceptors (Lipinski definition) is 7. The zero-order valence-electron chi connectivity index (χ0n) is 16.5. The van der Waals surface area contributed by atoms with Gasteiger partial charge >= 0.3 is 0 Å². The standard InChI is InChI=1S/C20H19F2N7O/c1-11(18-15(22)6-12(21)8-23-18)25-20-26-16-5-4-13(30-3)7-14(16)19(28-20)27-17-9-29(2)10-24-17/h4-11H,1-3H3,(H2,25,26,27,28)/t11-/m1/s1. The van der Waals surface area contributed by atoms with Crippen molar-refractivity contribution in [3.05, 3.63) is 60.3 Å². The van der Waals surface area contributed by atoms with Gasteiger partial charge in [-0.1, -0.05) is 0 Å². The summed E-state index contributed by atoms with van der Waals surface area (Å²) in [7, 11) is 3.44. The van der Waals surface area contributed by atoms with E-state index in [4.69, 9.17) is 4.74 Å². The van der Waals surface area contributed by atoms with Crippen LogP contribution in [0.1, 0.15) is 18.7 Å². The molecule has 1 atom stereocenters. The molecule has 0 bridgehead atoms. The second kappa shape index (κ2) is 7.90. The summed E-state index contributed by atoms with van der Waals surface area (Å²) in [6.07, 6.45) is 4.44. The molecule has 0 spiro atoms. The summed E-state index contributed by atoms with van der Waals surface area (Å²) in [5, 5.41) is 6.93. The van der Waals surface area contributed by atoms with E-state index in [1.807, 2.05) is 19.3 Å². The first-order valence-electron chi connectivity index (χ1n) is 9.11. The number of fused-ring (bicyclic) bond motifs is 1. The number of imidazole rings is 1. The van der Waals surface area contributed by atoms with Crippen LogP contribution < -0.4 is 15.4 Å². The highest BCUT2D eigenvalue weighted by Crippen LogP contribution is 2.29. The lowest BCUT2D eigenvalue weighted by molar-refractivity contribution is 0.415. The fraction of sp³-hybridized carbons (Fsp3) is 0.200. The van der Waals surface area contributed by atoms with Crippen molar-refractivity contribution in [3.63, 3.8) is 0 Å². The van der Waals surface area contributed by atoms with Crippen molar-refractivity contribution in [3.8, 4) is 5.75 Å². The Morgan fingerprint density at radius 3 is 2.67 bits per heavy atom. The summed E-state index contributed by atoms with van der Waals surface area (Å²) in [6, 6.07) is 5.60. The third kappa shape index (κ3) is 3.97.